The molecule has 2 rings (SSSR count). The highest BCUT2D eigenvalue weighted by Gasteiger charge is 2.41. The van der Waals surface area contributed by atoms with Crippen LogP contribution in [0, 0.1) is 0 Å². The van der Waals surface area contributed by atoms with E-state index in [0.717, 1.165) is 19.3 Å². The van der Waals surface area contributed by atoms with Gasteiger partial charge in [-0.3, -0.25) is 4.79 Å². The van der Waals surface area contributed by atoms with Gasteiger partial charge in [-0.15, -0.1) is 0 Å². The van der Waals surface area contributed by atoms with Gasteiger partial charge in [0.1, 0.15) is 6.04 Å². The number of nitrogens with two attached hydrogens (primary N) is 1. The van der Waals surface area contributed by atoms with Gasteiger partial charge in [0.25, 0.3) is 0 Å². The van der Waals surface area contributed by atoms with Gasteiger partial charge >= 0.3 is 6.09 Å². The summed E-state index contributed by atoms with van der Waals surface area (Å²) in [4.78, 5) is 24.8. The van der Waals surface area contributed by atoms with Crippen LogP contribution in [0.3, 0.4) is 0 Å². The predicted octanol–water partition coefficient (Wildman–Crippen LogP) is 0.491. The van der Waals surface area contributed by atoms with Crippen molar-refractivity contribution in [2.24, 2.45) is 5.73 Å². The average molecular weight is 312 g/mol. The summed E-state index contributed by atoms with van der Waals surface area (Å²) in [6.07, 6.45) is 2.06. The lowest BCUT2D eigenvalue weighted by Gasteiger charge is -2.41. The summed E-state index contributed by atoms with van der Waals surface area (Å²) in [5.74, 6) is -0.134. The molecular formula is C15H28N4O3. The van der Waals surface area contributed by atoms with Crippen LogP contribution in [0.5, 0.6) is 0 Å². The Hall–Kier alpha value is -1.34. The standard InChI is InChI=1S/C15H28N4O3/c1-15(2,3)18-9-4-5-12(10(16)8-9)19-7-6-11(13(19)20)17-14(21)22/h9-12,17-18H,4-8,16H2,1-3H3,(H,21,22)/t9-,10-,11+,12+/m1/s1. The van der Waals surface area contributed by atoms with Gasteiger partial charge in [-0.05, 0) is 46.5 Å². The molecule has 1 aliphatic heterocycles. The van der Waals surface area contributed by atoms with Crippen LogP contribution in [0.4, 0.5) is 4.79 Å². The molecule has 1 aliphatic carbocycles. The smallest absolute Gasteiger partial charge is 0.405 e. The van der Waals surface area contributed by atoms with Crippen LogP contribution in [0.15, 0.2) is 0 Å². The first kappa shape index (κ1) is 17.0. The highest BCUT2D eigenvalue weighted by atomic mass is 16.4. The lowest BCUT2D eigenvalue weighted by atomic mass is 9.85. The van der Waals surface area contributed by atoms with Gasteiger partial charge in [-0.2, -0.15) is 0 Å². The van der Waals surface area contributed by atoms with E-state index in [1.807, 2.05) is 0 Å². The van der Waals surface area contributed by atoms with Crippen LogP contribution in [-0.4, -0.2) is 58.3 Å². The Kier molecular flexibility index (Phi) is 4.97. The Bertz CT molecular complexity index is 435. The molecule has 7 heteroatoms. The summed E-state index contributed by atoms with van der Waals surface area (Å²) in [5.41, 5.74) is 6.36. The third-order valence-corrected chi connectivity index (χ3v) is 4.44. The number of rotatable bonds is 3. The molecule has 1 saturated heterocycles. The molecule has 1 saturated carbocycles. The number of nitrogens with zero attached hydrogens (tertiary/aromatic N) is 1. The maximum atomic E-state index is 12.3. The summed E-state index contributed by atoms with van der Waals surface area (Å²) in [6.45, 7) is 6.99. The second kappa shape index (κ2) is 6.42. The molecule has 2 aliphatic rings. The number of amides is 2. The van der Waals surface area contributed by atoms with Gasteiger partial charge < -0.3 is 26.4 Å². The molecule has 0 aromatic heterocycles. The van der Waals surface area contributed by atoms with Gasteiger partial charge in [0, 0.05) is 30.2 Å². The maximum Gasteiger partial charge on any atom is 0.405 e. The van der Waals surface area contributed by atoms with Crippen molar-refractivity contribution in [2.75, 3.05) is 6.54 Å². The zero-order chi connectivity index (χ0) is 16.5. The van der Waals surface area contributed by atoms with E-state index in [0.29, 0.717) is 19.0 Å². The second-order valence-corrected chi connectivity index (χ2v) is 7.46. The minimum Gasteiger partial charge on any atom is -0.465 e. The van der Waals surface area contributed by atoms with Crippen molar-refractivity contribution in [2.45, 2.75) is 76.2 Å². The fourth-order valence-corrected chi connectivity index (χ4v) is 3.63. The van der Waals surface area contributed by atoms with Gasteiger partial charge in [0.15, 0.2) is 0 Å². The molecule has 0 spiro atoms. The summed E-state index contributed by atoms with van der Waals surface area (Å²) in [6, 6.07) is -0.292. The van der Waals surface area contributed by atoms with Gasteiger partial charge in [-0.1, -0.05) is 0 Å². The lowest BCUT2D eigenvalue weighted by molar-refractivity contribution is -0.132. The summed E-state index contributed by atoms with van der Waals surface area (Å²) in [7, 11) is 0. The Morgan fingerprint density at radius 1 is 1.32 bits per heavy atom. The number of carboxylic acid groups (broad SMARTS) is 1. The molecule has 0 unspecified atom stereocenters. The van der Waals surface area contributed by atoms with Gasteiger partial charge in [0.2, 0.25) is 5.91 Å². The van der Waals surface area contributed by atoms with Crippen molar-refractivity contribution >= 4 is 12.0 Å². The van der Waals surface area contributed by atoms with E-state index in [2.05, 4.69) is 31.4 Å². The van der Waals surface area contributed by atoms with E-state index in [1.54, 1.807) is 4.90 Å². The summed E-state index contributed by atoms with van der Waals surface area (Å²) in [5, 5.41) is 14.6. The monoisotopic (exact) mass is 312 g/mol. The van der Waals surface area contributed by atoms with Crippen molar-refractivity contribution in [3.05, 3.63) is 0 Å². The molecule has 0 aromatic carbocycles. The first-order valence-corrected chi connectivity index (χ1v) is 8.00. The molecular weight excluding hydrogens is 284 g/mol. The van der Waals surface area contributed by atoms with Crippen LogP contribution in [0.2, 0.25) is 0 Å². The minimum atomic E-state index is -1.15. The second-order valence-electron chi connectivity index (χ2n) is 7.46. The SMILES string of the molecule is CC(C)(C)N[C@@H]1CC[C@H](N2CC[C@H](NC(=O)O)C2=O)[C@H](N)C1. The average Bonchev–Trinajstić information content (AvgIpc) is 2.69. The number of likely N-dealkylation sites (tertiary alicyclic amines) is 1. The Morgan fingerprint density at radius 2 is 2.00 bits per heavy atom. The molecule has 2 amide bonds. The van der Waals surface area contributed by atoms with E-state index in [-0.39, 0.29) is 23.5 Å². The van der Waals surface area contributed by atoms with Crippen LogP contribution in [0.25, 0.3) is 0 Å². The number of carbonyl (C=O) groups is 2. The number of hydrogen-bond donors (Lipinski definition) is 4. The molecule has 2 fully saturated rings. The molecule has 0 bridgehead atoms. The molecule has 22 heavy (non-hydrogen) atoms. The largest absolute Gasteiger partial charge is 0.465 e. The minimum absolute atomic E-state index is 0.0195. The number of carbonyl (C=O) groups excluding carboxylic acids is 1. The van der Waals surface area contributed by atoms with E-state index in [1.165, 1.54) is 0 Å². The third-order valence-electron chi connectivity index (χ3n) is 4.44. The van der Waals surface area contributed by atoms with Crippen LogP contribution in [0.1, 0.15) is 46.5 Å². The highest BCUT2D eigenvalue weighted by molar-refractivity contribution is 5.87. The van der Waals surface area contributed by atoms with Crippen molar-refractivity contribution < 1.29 is 14.7 Å². The van der Waals surface area contributed by atoms with Gasteiger partial charge in [0.05, 0.1) is 0 Å². The summed E-state index contributed by atoms with van der Waals surface area (Å²) >= 11 is 0. The van der Waals surface area contributed by atoms with E-state index < -0.39 is 12.1 Å². The highest BCUT2D eigenvalue weighted by Crippen LogP contribution is 2.27. The van der Waals surface area contributed by atoms with Crippen molar-refractivity contribution in [1.82, 2.24) is 15.5 Å². The molecule has 126 valence electrons. The van der Waals surface area contributed by atoms with Crippen molar-refractivity contribution in [1.29, 1.82) is 0 Å². The molecule has 5 N–H and O–H groups in total. The zero-order valence-electron chi connectivity index (χ0n) is 13.6. The molecule has 0 aromatic rings. The summed E-state index contributed by atoms with van der Waals surface area (Å²) < 4.78 is 0. The Balaban J connectivity index is 1.92. The molecule has 7 nitrogen and oxygen atoms in total. The van der Waals surface area contributed by atoms with E-state index in [4.69, 9.17) is 10.8 Å². The Morgan fingerprint density at radius 3 is 2.55 bits per heavy atom. The van der Waals surface area contributed by atoms with E-state index >= 15 is 0 Å². The van der Waals surface area contributed by atoms with Crippen molar-refractivity contribution in [3.63, 3.8) is 0 Å². The molecule has 1 heterocycles. The number of nitrogens with one attached hydrogen (secondary N) is 2. The fourth-order valence-electron chi connectivity index (χ4n) is 3.63. The predicted molar refractivity (Wildman–Crippen MR) is 83.6 cm³/mol. The first-order valence-electron chi connectivity index (χ1n) is 8.00. The van der Waals surface area contributed by atoms with Crippen molar-refractivity contribution in [3.8, 4) is 0 Å². The van der Waals surface area contributed by atoms with Crippen LogP contribution >= 0.6 is 0 Å². The molecule has 4 atom stereocenters. The first-order chi connectivity index (χ1) is 10.2. The quantitative estimate of drug-likeness (QED) is 0.607. The maximum absolute atomic E-state index is 12.3. The van der Waals surface area contributed by atoms with Gasteiger partial charge in [-0.25, -0.2) is 4.79 Å². The van der Waals surface area contributed by atoms with E-state index in [9.17, 15) is 9.59 Å². The topological polar surface area (TPSA) is 108 Å². The number of hydrogen-bond acceptors (Lipinski definition) is 4. The normalized spacial score (nSPS) is 33.1. The van der Waals surface area contributed by atoms with Crippen LogP contribution in [-0.2, 0) is 4.79 Å². The third kappa shape index (κ3) is 4.10. The Labute approximate surface area is 131 Å². The lowest BCUT2D eigenvalue weighted by Crippen LogP contribution is -2.57. The fraction of sp³-hybridized carbons (Fsp3) is 0.867. The molecule has 0 radical (unpaired) electrons. The van der Waals surface area contributed by atoms with Crippen LogP contribution < -0.4 is 16.4 Å². The zero-order valence-corrected chi connectivity index (χ0v) is 13.6.